The van der Waals surface area contributed by atoms with Crippen LogP contribution in [0.1, 0.15) is 40.2 Å². The van der Waals surface area contributed by atoms with E-state index >= 15 is 0 Å². The van der Waals surface area contributed by atoms with Crippen LogP contribution in [-0.4, -0.2) is 105 Å². The van der Waals surface area contributed by atoms with Gasteiger partial charge in [-0.3, -0.25) is 13.9 Å². The number of anilines is 2. The molecule has 20 heteroatoms. The minimum Gasteiger partial charge on any atom is -0.455 e. The molecule has 2 aromatic rings. The standard InChI is InChI=1S/C15H24N4O6.C10H15N3O5.2ClH/c1-7(2)10(17)12(21)25-11-8(6-20)24-13(15(11,3)23)19-5-4-9(16)18-14(19)22;1-10(17)7(15)5(4-14)18-8(10)13-3-2-6(11)12-9(13)16;;/h4-5,7-8,10-11,13,20,23H,6,17H2,1-3H3,(H2,16,18,22);2-3,5,7-8,14-15,17H,4H2,1H3,(H2,11,12,16);2*1H/t8-,10+,11-,13-,15-;5-,7-,8-,10-;;/m11../s1. The number of hydrogen-bond donors (Lipinski definition) is 8. The molecule has 45 heavy (non-hydrogen) atoms. The molecule has 0 bridgehead atoms. The molecule has 2 fully saturated rings. The van der Waals surface area contributed by atoms with E-state index < -0.39 is 84.7 Å². The Kier molecular flexibility index (Phi) is 13.9. The average Bonchev–Trinajstić information content (AvgIpc) is 3.31. The molecule has 4 heterocycles. The summed E-state index contributed by atoms with van der Waals surface area (Å²) in [5.74, 6) is -0.838. The Balaban J connectivity index is 0.000000451. The second kappa shape index (κ2) is 15.6. The van der Waals surface area contributed by atoms with E-state index in [0.29, 0.717) is 0 Å². The fourth-order valence-corrected chi connectivity index (χ4v) is 4.65. The van der Waals surface area contributed by atoms with Crippen LogP contribution >= 0.6 is 24.8 Å². The van der Waals surface area contributed by atoms with Gasteiger partial charge in [0.1, 0.15) is 47.2 Å². The van der Waals surface area contributed by atoms with Crippen LogP contribution in [0.4, 0.5) is 11.6 Å². The molecular weight excluding hydrogens is 645 g/mol. The van der Waals surface area contributed by atoms with E-state index in [0.717, 1.165) is 9.13 Å². The molecule has 0 spiro atoms. The third kappa shape index (κ3) is 8.28. The van der Waals surface area contributed by atoms with Crippen LogP contribution in [0.2, 0.25) is 0 Å². The highest BCUT2D eigenvalue weighted by molar-refractivity contribution is 5.85. The molecular formula is C25H41Cl2N7O11. The topological polar surface area (TPSA) is 294 Å². The summed E-state index contributed by atoms with van der Waals surface area (Å²) in [5.41, 5.74) is 11.6. The lowest BCUT2D eigenvalue weighted by Crippen LogP contribution is -2.51. The van der Waals surface area contributed by atoms with Crippen LogP contribution in [0.15, 0.2) is 34.1 Å². The van der Waals surface area contributed by atoms with Crippen LogP contribution in [0.25, 0.3) is 0 Å². The predicted octanol–water partition coefficient (Wildman–Crippen LogP) is -2.97. The molecule has 256 valence electrons. The number of nitrogens with zero attached hydrogens (tertiary/aromatic N) is 4. The van der Waals surface area contributed by atoms with Crippen molar-refractivity contribution in [2.24, 2.45) is 11.7 Å². The molecule has 0 radical (unpaired) electrons. The van der Waals surface area contributed by atoms with E-state index in [2.05, 4.69) is 9.97 Å². The number of nitrogen functional groups attached to an aromatic ring is 2. The van der Waals surface area contributed by atoms with Gasteiger partial charge in [0.15, 0.2) is 18.6 Å². The van der Waals surface area contributed by atoms with E-state index in [1.54, 1.807) is 13.8 Å². The monoisotopic (exact) mass is 685 g/mol. The van der Waals surface area contributed by atoms with Gasteiger partial charge in [0.2, 0.25) is 0 Å². The van der Waals surface area contributed by atoms with Gasteiger partial charge in [0.05, 0.1) is 13.2 Å². The van der Waals surface area contributed by atoms with E-state index in [1.807, 2.05) is 0 Å². The highest BCUT2D eigenvalue weighted by Gasteiger charge is 2.56. The number of esters is 1. The lowest BCUT2D eigenvalue weighted by atomic mass is 9.95. The number of hydrogen-bond acceptors (Lipinski definition) is 16. The van der Waals surface area contributed by atoms with Gasteiger partial charge in [0.25, 0.3) is 0 Å². The number of aliphatic hydroxyl groups is 5. The number of aliphatic hydroxyl groups excluding tert-OH is 3. The van der Waals surface area contributed by atoms with E-state index in [-0.39, 0.29) is 42.4 Å². The van der Waals surface area contributed by atoms with Gasteiger partial charge in [-0.05, 0) is 31.9 Å². The van der Waals surface area contributed by atoms with E-state index in [9.17, 15) is 34.8 Å². The zero-order chi connectivity index (χ0) is 32.4. The van der Waals surface area contributed by atoms with Crippen LogP contribution < -0.4 is 28.6 Å². The molecule has 0 unspecified atom stereocenters. The van der Waals surface area contributed by atoms with Crippen molar-refractivity contribution in [3.05, 3.63) is 45.5 Å². The molecule has 2 aromatic heterocycles. The van der Waals surface area contributed by atoms with Crippen molar-refractivity contribution in [3.63, 3.8) is 0 Å². The highest BCUT2D eigenvalue weighted by Crippen LogP contribution is 2.40. The zero-order valence-corrected chi connectivity index (χ0v) is 26.5. The lowest BCUT2D eigenvalue weighted by Gasteiger charge is -2.30. The summed E-state index contributed by atoms with van der Waals surface area (Å²) < 4.78 is 18.2. The number of aromatic nitrogens is 4. The van der Waals surface area contributed by atoms with Crippen molar-refractivity contribution < 1.29 is 44.5 Å². The molecule has 0 aromatic carbocycles. The summed E-state index contributed by atoms with van der Waals surface area (Å²) in [6, 6.07) is 1.84. The van der Waals surface area contributed by atoms with E-state index in [1.165, 1.54) is 38.4 Å². The Bertz CT molecular complexity index is 1410. The Hall–Kier alpha value is -2.91. The van der Waals surface area contributed by atoms with Gasteiger partial charge >= 0.3 is 17.3 Å². The number of halogens is 2. The third-order valence-corrected chi connectivity index (χ3v) is 7.27. The number of carbonyl (C=O) groups excluding carboxylic acids is 1. The quantitative estimate of drug-likeness (QED) is 0.135. The molecule has 18 nitrogen and oxygen atoms in total. The first-order chi connectivity index (χ1) is 20.0. The van der Waals surface area contributed by atoms with Crippen molar-refractivity contribution in [2.45, 2.75) is 81.8 Å². The zero-order valence-electron chi connectivity index (χ0n) is 24.9. The largest absolute Gasteiger partial charge is 0.455 e. The molecule has 0 saturated carbocycles. The molecule has 0 aliphatic carbocycles. The first kappa shape index (κ1) is 40.1. The normalized spacial score (nSPS) is 31.3. The van der Waals surface area contributed by atoms with Crippen LogP contribution in [0, 0.1) is 5.92 Å². The molecule has 9 atom stereocenters. The molecule has 2 saturated heterocycles. The maximum absolute atomic E-state index is 12.2. The Morgan fingerprint density at radius 1 is 0.933 bits per heavy atom. The third-order valence-electron chi connectivity index (χ3n) is 7.27. The summed E-state index contributed by atoms with van der Waals surface area (Å²) >= 11 is 0. The SMILES string of the molecule is CC(C)[C@H](N)C(=O)O[C@@H]1[C@@H](CO)O[C@@H](n2ccc(N)nc2=O)[C@]1(C)O.C[C@@]1(O)[C@H](O)[C@@H](CO)O[C@H]1n1ccc(N)nc1=O.Cl.Cl. The molecule has 11 N–H and O–H groups in total. The number of carbonyl (C=O) groups is 1. The second-order valence-corrected chi connectivity index (χ2v) is 11.0. The van der Waals surface area contributed by atoms with Crippen molar-refractivity contribution in [3.8, 4) is 0 Å². The number of ether oxygens (including phenoxy) is 3. The number of rotatable bonds is 7. The Labute approximate surface area is 269 Å². The van der Waals surface area contributed by atoms with Gasteiger partial charge in [-0.2, -0.15) is 9.97 Å². The minimum atomic E-state index is -1.80. The number of nitrogens with two attached hydrogens (primary N) is 3. The smallest absolute Gasteiger partial charge is 0.351 e. The molecule has 2 aliphatic rings. The van der Waals surface area contributed by atoms with Crippen molar-refractivity contribution >= 4 is 42.4 Å². The van der Waals surface area contributed by atoms with Crippen LogP contribution in [0.5, 0.6) is 0 Å². The second-order valence-electron chi connectivity index (χ2n) is 11.0. The maximum Gasteiger partial charge on any atom is 0.351 e. The molecule has 4 rings (SSSR count). The predicted molar refractivity (Wildman–Crippen MR) is 162 cm³/mol. The molecule has 2 aliphatic heterocycles. The Morgan fingerprint density at radius 2 is 1.36 bits per heavy atom. The van der Waals surface area contributed by atoms with Gasteiger partial charge in [-0.15, -0.1) is 24.8 Å². The van der Waals surface area contributed by atoms with Gasteiger partial charge in [-0.25, -0.2) is 9.59 Å². The van der Waals surface area contributed by atoms with Crippen LogP contribution in [0.3, 0.4) is 0 Å². The first-order valence-corrected chi connectivity index (χ1v) is 13.3. The summed E-state index contributed by atoms with van der Waals surface area (Å²) in [6.07, 6.45) is -4.26. The van der Waals surface area contributed by atoms with Gasteiger partial charge in [-0.1, -0.05) is 13.8 Å². The fourth-order valence-electron chi connectivity index (χ4n) is 4.65. The summed E-state index contributed by atoms with van der Waals surface area (Å²) in [6.45, 7) is 5.17. The first-order valence-electron chi connectivity index (χ1n) is 13.3. The van der Waals surface area contributed by atoms with Gasteiger partial charge in [0, 0.05) is 12.4 Å². The van der Waals surface area contributed by atoms with E-state index in [4.69, 9.17) is 36.5 Å². The van der Waals surface area contributed by atoms with Crippen molar-refractivity contribution in [2.75, 3.05) is 24.7 Å². The Morgan fingerprint density at radius 3 is 1.73 bits per heavy atom. The van der Waals surface area contributed by atoms with Crippen molar-refractivity contribution in [1.29, 1.82) is 0 Å². The van der Waals surface area contributed by atoms with Gasteiger partial charge < -0.3 is 56.9 Å². The lowest BCUT2D eigenvalue weighted by molar-refractivity contribution is -0.166. The minimum absolute atomic E-state index is 0. The average molecular weight is 687 g/mol. The van der Waals surface area contributed by atoms with Crippen molar-refractivity contribution in [1.82, 2.24) is 19.1 Å². The summed E-state index contributed by atoms with van der Waals surface area (Å²) in [5, 5.41) is 49.4. The van der Waals surface area contributed by atoms with Crippen LogP contribution in [-0.2, 0) is 19.0 Å². The highest BCUT2D eigenvalue weighted by atomic mass is 35.5. The summed E-state index contributed by atoms with van der Waals surface area (Å²) in [4.78, 5) is 42.9. The maximum atomic E-state index is 12.2. The fraction of sp³-hybridized carbons (Fsp3) is 0.640. The summed E-state index contributed by atoms with van der Waals surface area (Å²) in [7, 11) is 0. The molecule has 0 amide bonds.